The summed E-state index contributed by atoms with van der Waals surface area (Å²) in [5.41, 5.74) is 5.02. The van der Waals surface area contributed by atoms with E-state index in [1.807, 2.05) is 39.1 Å². The summed E-state index contributed by atoms with van der Waals surface area (Å²) in [6.07, 6.45) is 0.456. The minimum atomic E-state index is -0.00935. The third-order valence-corrected chi connectivity index (χ3v) is 3.87. The summed E-state index contributed by atoms with van der Waals surface area (Å²) in [4.78, 5) is 13.9. The van der Waals surface area contributed by atoms with Gasteiger partial charge < -0.3 is 10.2 Å². The standard InChI is InChI=1S/C15H18N4O/c1-9-15(10(2)18-17-9)16-12-8-14(20)19(3)13-7-5-4-6-11(12)13/h4-7,12,16H,8H2,1-3H3,(H,17,18). The number of benzene rings is 1. The summed E-state index contributed by atoms with van der Waals surface area (Å²) >= 11 is 0. The normalized spacial score (nSPS) is 18.1. The zero-order valence-corrected chi connectivity index (χ0v) is 11.9. The van der Waals surface area contributed by atoms with Crippen molar-refractivity contribution in [2.75, 3.05) is 17.3 Å². The second kappa shape index (κ2) is 4.67. The van der Waals surface area contributed by atoms with Crippen molar-refractivity contribution in [1.82, 2.24) is 10.2 Å². The molecule has 1 aromatic heterocycles. The van der Waals surface area contributed by atoms with E-state index in [1.165, 1.54) is 0 Å². The Labute approximate surface area is 118 Å². The first kappa shape index (κ1) is 12.7. The van der Waals surface area contributed by atoms with Gasteiger partial charge in [0.05, 0.1) is 29.5 Å². The van der Waals surface area contributed by atoms with Gasteiger partial charge in [-0.15, -0.1) is 0 Å². The van der Waals surface area contributed by atoms with Crippen molar-refractivity contribution in [1.29, 1.82) is 0 Å². The van der Waals surface area contributed by atoms with Gasteiger partial charge in [-0.2, -0.15) is 5.10 Å². The van der Waals surface area contributed by atoms with Crippen LogP contribution in [0.5, 0.6) is 0 Å². The van der Waals surface area contributed by atoms with Gasteiger partial charge in [-0.1, -0.05) is 18.2 Å². The van der Waals surface area contributed by atoms with E-state index in [0.29, 0.717) is 6.42 Å². The van der Waals surface area contributed by atoms with Crippen molar-refractivity contribution in [3.8, 4) is 0 Å². The van der Waals surface area contributed by atoms with Gasteiger partial charge in [0.25, 0.3) is 0 Å². The monoisotopic (exact) mass is 270 g/mol. The van der Waals surface area contributed by atoms with Gasteiger partial charge in [0.15, 0.2) is 0 Å². The van der Waals surface area contributed by atoms with E-state index < -0.39 is 0 Å². The number of aryl methyl sites for hydroxylation is 2. The summed E-state index contributed by atoms with van der Waals surface area (Å²) < 4.78 is 0. The number of nitrogens with zero attached hydrogens (tertiary/aromatic N) is 2. The maximum atomic E-state index is 12.1. The molecule has 1 unspecified atom stereocenters. The van der Waals surface area contributed by atoms with Gasteiger partial charge in [-0.25, -0.2) is 0 Å². The fraction of sp³-hybridized carbons (Fsp3) is 0.333. The molecule has 20 heavy (non-hydrogen) atoms. The fourth-order valence-corrected chi connectivity index (χ4v) is 2.71. The Balaban J connectivity index is 1.99. The van der Waals surface area contributed by atoms with E-state index >= 15 is 0 Å². The van der Waals surface area contributed by atoms with Crippen molar-refractivity contribution in [2.24, 2.45) is 0 Å². The topological polar surface area (TPSA) is 61.0 Å². The van der Waals surface area contributed by atoms with Crippen LogP contribution < -0.4 is 10.2 Å². The molecule has 0 bridgehead atoms. The van der Waals surface area contributed by atoms with Crippen LogP contribution in [0.3, 0.4) is 0 Å². The predicted octanol–water partition coefficient (Wildman–Crippen LogP) is 2.55. The molecule has 0 saturated carbocycles. The molecule has 1 amide bonds. The molecule has 1 atom stereocenters. The summed E-state index contributed by atoms with van der Waals surface area (Å²) in [6.45, 7) is 3.93. The molecule has 5 heteroatoms. The minimum Gasteiger partial charge on any atom is -0.375 e. The number of hydrogen-bond donors (Lipinski definition) is 2. The van der Waals surface area contributed by atoms with E-state index in [9.17, 15) is 4.79 Å². The summed E-state index contributed by atoms with van der Waals surface area (Å²) in [7, 11) is 1.83. The van der Waals surface area contributed by atoms with Crippen LogP contribution in [0.4, 0.5) is 11.4 Å². The van der Waals surface area contributed by atoms with E-state index in [0.717, 1.165) is 28.3 Å². The quantitative estimate of drug-likeness (QED) is 0.881. The minimum absolute atomic E-state index is 0.00935. The van der Waals surface area contributed by atoms with Gasteiger partial charge >= 0.3 is 0 Å². The molecule has 2 aromatic rings. The lowest BCUT2D eigenvalue weighted by Gasteiger charge is -2.32. The molecule has 104 valence electrons. The van der Waals surface area contributed by atoms with Crippen molar-refractivity contribution in [2.45, 2.75) is 26.3 Å². The lowest BCUT2D eigenvalue weighted by molar-refractivity contribution is -0.118. The zero-order valence-electron chi connectivity index (χ0n) is 11.9. The van der Waals surface area contributed by atoms with Crippen LogP contribution in [0.15, 0.2) is 24.3 Å². The number of aromatic nitrogens is 2. The highest BCUT2D eigenvalue weighted by atomic mass is 16.2. The number of H-pyrrole nitrogens is 1. The molecule has 2 N–H and O–H groups in total. The molecule has 0 radical (unpaired) electrons. The molecule has 0 saturated heterocycles. The van der Waals surface area contributed by atoms with E-state index in [2.05, 4.69) is 21.6 Å². The van der Waals surface area contributed by atoms with Gasteiger partial charge in [-0.05, 0) is 25.5 Å². The largest absolute Gasteiger partial charge is 0.375 e. The second-order valence-corrected chi connectivity index (χ2v) is 5.22. The zero-order chi connectivity index (χ0) is 14.3. The molecular formula is C15H18N4O. The molecule has 0 fully saturated rings. The number of hydrogen-bond acceptors (Lipinski definition) is 3. The second-order valence-electron chi connectivity index (χ2n) is 5.22. The molecule has 3 rings (SSSR count). The molecule has 2 heterocycles. The summed E-state index contributed by atoms with van der Waals surface area (Å²) in [6, 6.07) is 8.01. The number of carbonyl (C=O) groups excluding carboxylic acids is 1. The molecule has 1 aliphatic heterocycles. The van der Waals surface area contributed by atoms with Gasteiger partial charge in [-0.3, -0.25) is 9.89 Å². The summed E-state index contributed by atoms with van der Waals surface area (Å²) in [5, 5.41) is 10.6. The van der Waals surface area contributed by atoms with Gasteiger partial charge in [0.1, 0.15) is 0 Å². The summed E-state index contributed by atoms with van der Waals surface area (Å²) in [5.74, 6) is 0.125. The number of rotatable bonds is 2. The Bertz CT molecular complexity index is 642. The first-order valence-electron chi connectivity index (χ1n) is 6.71. The molecular weight excluding hydrogens is 252 g/mol. The van der Waals surface area contributed by atoms with Crippen LogP contribution >= 0.6 is 0 Å². The number of amides is 1. The molecule has 0 aliphatic carbocycles. The van der Waals surface area contributed by atoms with Crippen molar-refractivity contribution < 1.29 is 4.79 Å². The fourth-order valence-electron chi connectivity index (χ4n) is 2.71. The highest BCUT2D eigenvalue weighted by molar-refractivity contribution is 5.97. The van der Waals surface area contributed by atoms with Gasteiger partial charge in [0, 0.05) is 12.7 Å². The Kier molecular flexibility index (Phi) is 2.97. The number of nitrogens with one attached hydrogen (secondary N) is 2. The lowest BCUT2D eigenvalue weighted by Crippen LogP contribution is -2.35. The smallest absolute Gasteiger partial charge is 0.229 e. The average Bonchev–Trinajstić information content (AvgIpc) is 2.76. The van der Waals surface area contributed by atoms with Crippen LogP contribution in [0.1, 0.15) is 29.4 Å². The maximum absolute atomic E-state index is 12.1. The Hall–Kier alpha value is -2.30. The van der Waals surface area contributed by atoms with Crippen LogP contribution in [-0.4, -0.2) is 23.2 Å². The van der Waals surface area contributed by atoms with Crippen LogP contribution in [0.25, 0.3) is 0 Å². The maximum Gasteiger partial charge on any atom is 0.229 e. The Morgan fingerprint density at radius 1 is 1.35 bits per heavy atom. The Morgan fingerprint density at radius 3 is 2.80 bits per heavy atom. The first-order chi connectivity index (χ1) is 9.58. The molecule has 1 aliphatic rings. The van der Waals surface area contributed by atoms with Crippen LogP contribution in [0.2, 0.25) is 0 Å². The highest BCUT2D eigenvalue weighted by Gasteiger charge is 2.29. The van der Waals surface area contributed by atoms with E-state index in [-0.39, 0.29) is 11.9 Å². The third kappa shape index (κ3) is 1.95. The van der Waals surface area contributed by atoms with Crippen molar-refractivity contribution in [3.05, 3.63) is 41.2 Å². The lowest BCUT2D eigenvalue weighted by atomic mass is 9.96. The van der Waals surface area contributed by atoms with E-state index in [4.69, 9.17) is 0 Å². The van der Waals surface area contributed by atoms with Crippen molar-refractivity contribution >= 4 is 17.3 Å². The Morgan fingerprint density at radius 2 is 2.10 bits per heavy atom. The SMILES string of the molecule is Cc1n[nH]c(C)c1NC1CC(=O)N(C)c2ccccc21. The van der Waals surface area contributed by atoms with Gasteiger partial charge in [0.2, 0.25) is 5.91 Å². The third-order valence-electron chi connectivity index (χ3n) is 3.87. The molecule has 1 aromatic carbocycles. The van der Waals surface area contributed by atoms with Crippen LogP contribution in [0, 0.1) is 13.8 Å². The number of aromatic amines is 1. The highest BCUT2D eigenvalue weighted by Crippen LogP contribution is 2.36. The predicted molar refractivity (Wildman–Crippen MR) is 78.9 cm³/mol. The van der Waals surface area contributed by atoms with E-state index in [1.54, 1.807) is 4.90 Å². The molecule has 5 nitrogen and oxygen atoms in total. The number of para-hydroxylation sites is 1. The first-order valence-corrected chi connectivity index (χ1v) is 6.71. The average molecular weight is 270 g/mol. The number of anilines is 2. The number of carbonyl (C=O) groups is 1. The molecule has 0 spiro atoms. The van der Waals surface area contributed by atoms with Crippen LogP contribution in [-0.2, 0) is 4.79 Å². The number of fused-ring (bicyclic) bond motifs is 1. The van der Waals surface area contributed by atoms with Crippen molar-refractivity contribution in [3.63, 3.8) is 0 Å².